The Bertz CT molecular complexity index is 556. The van der Waals surface area contributed by atoms with E-state index >= 15 is 0 Å². The van der Waals surface area contributed by atoms with Gasteiger partial charge in [0.2, 0.25) is 0 Å². The third-order valence-corrected chi connectivity index (χ3v) is 4.21. The number of carbonyl (C=O) groups is 1. The van der Waals surface area contributed by atoms with E-state index in [4.69, 9.17) is 9.47 Å². The molecule has 2 N–H and O–H groups in total. The zero-order valence-electron chi connectivity index (χ0n) is 15.5. The lowest BCUT2D eigenvalue weighted by Crippen LogP contribution is -2.42. The molecule has 0 aliphatic carbocycles. The van der Waals surface area contributed by atoms with E-state index < -0.39 is 6.10 Å². The second-order valence-electron chi connectivity index (χ2n) is 6.75. The molecule has 140 valence electrons. The zero-order valence-corrected chi connectivity index (χ0v) is 15.5. The molecule has 6 heteroatoms. The van der Waals surface area contributed by atoms with Crippen molar-refractivity contribution in [2.24, 2.45) is 0 Å². The van der Waals surface area contributed by atoms with Crippen LogP contribution in [0, 0.1) is 0 Å². The lowest BCUT2D eigenvalue weighted by molar-refractivity contribution is 0.0826. The van der Waals surface area contributed by atoms with E-state index in [2.05, 4.69) is 10.2 Å². The molecule has 0 aromatic heterocycles. The van der Waals surface area contributed by atoms with E-state index in [0.29, 0.717) is 23.6 Å². The molecular weight excluding hydrogens is 320 g/mol. The molecule has 1 aliphatic rings. The first-order chi connectivity index (χ1) is 12.0. The number of piperidine rings is 1. The first-order valence-electron chi connectivity index (χ1n) is 9.03. The Balaban J connectivity index is 1.92. The van der Waals surface area contributed by atoms with Crippen LogP contribution >= 0.6 is 0 Å². The van der Waals surface area contributed by atoms with Crippen molar-refractivity contribution in [3.63, 3.8) is 0 Å². The van der Waals surface area contributed by atoms with E-state index in [0.717, 1.165) is 13.1 Å². The summed E-state index contributed by atoms with van der Waals surface area (Å²) in [7, 11) is 1.57. The molecule has 1 aromatic rings. The van der Waals surface area contributed by atoms with Gasteiger partial charge < -0.3 is 24.8 Å². The number of hydrogen-bond acceptors (Lipinski definition) is 5. The minimum atomic E-state index is -0.574. The van der Waals surface area contributed by atoms with Gasteiger partial charge in [0, 0.05) is 19.2 Å². The van der Waals surface area contributed by atoms with Crippen LogP contribution in [0.25, 0.3) is 0 Å². The third-order valence-electron chi connectivity index (χ3n) is 4.21. The number of likely N-dealkylation sites (tertiary alicyclic amines) is 1. The summed E-state index contributed by atoms with van der Waals surface area (Å²) >= 11 is 0. The molecule has 1 saturated heterocycles. The molecule has 0 bridgehead atoms. The van der Waals surface area contributed by atoms with Gasteiger partial charge in [-0.15, -0.1) is 0 Å². The van der Waals surface area contributed by atoms with Crippen LogP contribution in [0.15, 0.2) is 18.2 Å². The predicted molar refractivity (Wildman–Crippen MR) is 97.4 cm³/mol. The average Bonchev–Trinajstić information content (AvgIpc) is 2.60. The predicted octanol–water partition coefficient (Wildman–Crippen LogP) is 2.06. The van der Waals surface area contributed by atoms with Crippen molar-refractivity contribution in [2.75, 3.05) is 33.3 Å². The number of benzene rings is 1. The minimum Gasteiger partial charge on any atom is -0.497 e. The number of amides is 1. The molecule has 0 unspecified atom stereocenters. The highest BCUT2D eigenvalue weighted by molar-refractivity contribution is 5.97. The average molecular weight is 350 g/mol. The molecule has 1 amide bonds. The summed E-state index contributed by atoms with van der Waals surface area (Å²) in [4.78, 5) is 14.7. The largest absolute Gasteiger partial charge is 0.497 e. The summed E-state index contributed by atoms with van der Waals surface area (Å²) in [5.74, 6) is 0.866. The maximum atomic E-state index is 12.5. The van der Waals surface area contributed by atoms with Gasteiger partial charge in [0.25, 0.3) is 5.91 Å². The first kappa shape index (κ1) is 19.5. The van der Waals surface area contributed by atoms with Crippen LogP contribution in [-0.4, -0.2) is 61.4 Å². The molecule has 0 radical (unpaired) electrons. The Kier molecular flexibility index (Phi) is 7.52. The minimum absolute atomic E-state index is 0.0525. The summed E-state index contributed by atoms with van der Waals surface area (Å²) in [5, 5.41) is 13.0. The van der Waals surface area contributed by atoms with Gasteiger partial charge in [0.05, 0.1) is 24.9 Å². The van der Waals surface area contributed by atoms with Crippen molar-refractivity contribution in [2.45, 2.75) is 45.3 Å². The van der Waals surface area contributed by atoms with Crippen LogP contribution in [0.2, 0.25) is 0 Å². The van der Waals surface area contributed by atoms with Crippen LogP contribution in [0.4, 0.5) is 0 Å². The molecule has 2 rings (SSSR count). The van der Waals surface area contributed by atoms with Gasteiger partial charge in [-0.1, -0.05) is 6.42 Å². The normalized spacial score (nSPS) is 16.5. The zero-order chi connectivity index (χ0) is 18.2. The Morgan fingerprint density at radius 3 is 2.64 bits per heavy atom. The standard InChI is InChI=1S/C19H30N2O4/c1-14(2)25-18-11-16(24-3)7-8-17(18)19(23)20-12-15(22)13-21-9-5-4-6-10-21/h7-8,11,14-15,22H,4-6,9-10,12-13H2,1-3H3,(H,20,23)/t15-/m0/s1. The summed E-state index contributed by atoms with van der Waals surface area (Å²) in [6.07, 6.45) is 3.00. The quantitative estimate of drug-likeness (QED) is 0.751. The van der Waals surface area contributed by atoms with Crippen molar-refractivity contribution in [1.29, 1.82) is 0 Å². The maximum Gasteiger partial charge on any atom is 0.255 e. The number of nitrogens with zero attached hydrogens (tertiary/aromatic N) is 1. The number of nitrogens with one attached hydrogen (secondary N) is 1. The summed E-state index contributed by atoms with van der Waals surface area (Å²) in [6, 6.07) is 5.12. The Morgan fingerprint density at radius 1 is 1.28 bits per heavy atom. The summed E-state index contributed by atoms with van der Waals surface area (Å²) in [6.45, 7) is 6.68. The van der Waals surface area contributed by atoms with E-state index in [1.807, 2.05) is 13.8 Å². The lowest BCUT2D eigenvalue weighted by Gasteiger charge is -2.28. The smallest absolute Gasteiger partial charge is 0.255 e. The fourth-order valence-corrected chi connectivity index (χ4v) is 2.98. The molecule has 0 spiro atoms. The van der Waals surface area contributed by atoms with Gasteiger partial charge in [-0.3, -0.25) is 4.79 Å². The second-order valence-corrected chi connectivity index (χ2v) is 6.75. The van der Waals surface area contributed by atoms with Crippen molar-refractivity contribution < 1.29 is 19.4 Å². The second kappa shape index (κ2) is 9.63. The van der Waals surface area contributed by atoms with Crippen molar-refractivity contribution >= 4 is 5.91 Å². The Morgan fingerprint density at radius 2 is 2.00 bits per heavy atom. The van der Waals surface area contributed by atoms with Crippen molar-refractivity contribution in [1.82, 2.24) is 10.2 Å². The molecule has 1 atom stereocenters. The number of hydrogen-bond donors (Lipinski definition) is 2. The van der Waals surface area contributed by atoms with Gasteiger partial charge in [-0.05, 0) is 51.9 Å². The molecular formula is C19H30N2O4. The molecule has 6 nitrogen and oxygen atoms in total. The van der Waals surface area contributed by atoms with Crippen LogP contribution in [-0.2, 0) is 0 Å². The van der Waals surface area contributed by atoms with Crippen LogP contribution in [0.5, 0.6) is 11.5 Å². The number of β-amino-alcohol motifs (C(OH)–C–C–N with tert-alkyl or cyclic N) is 1. The number of aliphatic hydroxyl groups excluding tert-OH is 1. The number of aliphatic hydroxyl groups is 1. The number of carbonyl (C=O) groups excluding carboxylic acids is 1. The highest BCUT2D eigenvalue weighted by Crippen LogP contribution is 2.25. The van der Waals surface area contributed by atoms with E-state index in [1.165, 1.54) is 19.3 Å². The Hall–Kier alpha value is -1.79. The maximum absolute atomic E-state index is 12.5. The van der Waals surface area contributed by atoms with Crippen molar-refractivity contribution in [3.05, 3.63) is 23.8 Å². The van der Waals surface area contributed by atoms with Gasteiger partial charge >= 0.3 is 0 Å². The van der Waals surface area contributed by atoms with Gasteiger partial charge in [-0.25, -0.2) is 0 Å². The van der Waals surface area contributed by atoms with E-state index in [1.54, 1.807) is 25.3 Å². The molecule has 0 saturated carbocycles. The highest BCUT2D eigenvalue weighted by atomic mass is 16.5. The molecule has 1 heterocycles. The van der Waals surface area contributed by atoms with Crippen LogP contribution < -0.4 is 14.8 Å². The lowest BCUT2D eigenvalue weighted by atomic mass is 10.1. The van der Waals surface area contributed by atoms with E-state index in [-0.39, 0.29) is 18.6 Å². The van der Waals surface area contributed by atoms with E-state index in [9.17, 15) is 9.90 Å². The van der Waals surface area contributed by atoms with Crippen molar-refractivity contribution in [3.8, 4) is 11.5 Å². The number of methoxy groups -OCH3 is 1. The SMILES string of the molecule is COc1ccc(C(=O)NC[C@H](O)CN2CCCCC2)c(OC(C)C)c1. The van der Waals surface area contributed by atoms with Gasteiger partial charge in [0.15, 0.2) is 0 Å². The molecule has 25 heavy (non-hydrogen) atoms. The van der Waals surface area contributed by atoms with Crippen LogP contribution in [0.3, 0.4) is 0 Å². The monoisotopic (exact) mass is 350 g/mol. The van der Waals surface area contributed by atoms with Gasteiger partial charge in [-0.2, -0.15) is 0 Å². The fraction of sp³-hybridized carbons (Fsp3) is 0.632. The summed E-state index contributed by atoms with van der Waals surface area (Å²) in [5.41, 5.74) is 0.444. The molecule has 1 aliphatic heterocycles. The third kappa shape index (κ3) is 6.21. The topological polar surface area (TPSA) is 71.0 Å². The first-order valence-corrected chi connectivity index (χ1v) is 9.03. The molecule has 1 aromatic carbocycles. The number of rotatable bonds is 8. The number of ether oxygens (including phenoxy) is 2. The Labute approximate surface area is 150 Å². The van der Waals surface area contributed by atoms with Crippen LogP contribution in [0.1, 0.15) is 43.5 Å². The highest BCUT2D eigenvalue weighted by Gasteiger charge is 2.18. The fourth-order valence-electron chi connectivity index (χ4n) is 2.98. The molecule has 1 fully saturated rings. The summed E-state index contributed by atoms with van der Waals surface area (Å²) < 4.78 is 10.9. The van der Waals surface area contributed by atoms with Gasteiger partial charge in [0.1, 0.15) is 11.5 Å².